The molecule has 1 amide bonds. The lowest BCUT2D eigenvalue weighted by molar-refractivity contribution is -0.128. The molecule has 6 heteroatoms. The van der Waals surface area contributed by atoms with Crippen molar-refractivity contribution >= 4 is 11.7 Å². The van der Waals surface area contributed by atoms with Crippen LogP contribution in [0, 0.1) is 5.41 Å². The van der Waals surface area contributed by atoms with Crippen LogP contribution in [0.3, 0.4) is 0 Å². The Hall–Kier alpha value is -1.24. The van der Waals surface area contributed by atoms with E-state index in [1.54, 1.807) is 6.08 Å². The zero-order valence-electron chi connectivity index (χ0n) is 13.4. The Morgan fingerprint density at radius 1 is 1.43 bits per heavy atom. The molecule has 0 spiro atoms. The molecule has 2 rings (SSSR count). The van der Waals surface area contributed by atoms with Crippen LogP contribution in [0.25, 0.3) is 0 Å². The van der Waals surface area contributed by atoms with Crippen molar-refractivity contribution in [3.63, 3.8) is 0 Å². The van der Waals surface area contributed by atoms with Crippen molar-refractivity contribution in [3.05, 3.63) is 11.8 Å². The molecule has 0 atom stereocenters. The summed E-state index contributed by atoms with van der Waals surface area (Å²) in [6, 6.07) is 0.454. The molecule has 1 heterocycles. The third-order valence-corrected chi connectivity index (χ3v) is 4.52. The smallest absolute Gasteiger partial charge is 0.267 e. The van der Waals surface area contributed by atoms with Crippen LogP contribution in [0.4, 0.5) is 0 Å². The second-order valence-electron chi connectivity index (χ2n) is 7.06. The number of amidine groups is 1. The molecule has 1 fully saturated rings. The van der Waals surface area contributed by atoms with Gasteiger partial charge >= 0.3 is 0 Å². The van der Waals surface area contributed by atoms with Gasteiger partial charge in [-0.25, -0.2) is 5.06 Å². The SMILES string of the molecule is CN(C1CC1)C(C)(C)C(=O)N=C1C=C(C(C)(C)CO)N1O. The molecule has 21 heavy (non-hydrogen) atoms. The fourth-order valence-corrected chi connectivity index (χ4v) is 2.25. The molecule has 0 unspecified atom stereocenters. The third-order valence-electron chi connectivity index (χ3n) is 4.52. The van der Waals surface area contributed by atoms with Crippen molar-refractivity contribution in [2.75, 3.05) is 13.7 Å². The number of aliphatic imine (C=N–C) groups is 1. The van der Waals surface area contributed by atoms with Crippen molar-refractivity contribution in [1.29, 1.82) is 0 Å². The second kappa shape index (κ2) is 5.19. The highest BCUT2D eigenvalue weighted by Crippen LogP contribution is 2.35. The summed E-state index contributed by atoms with van der Waals surface area (Å²) in [6.45, 7) is 7.23. The summed E-state index contributed by atoms with van der Waals surface area (Å²) in [4.78, 5) is 18.4. The summed E-state index contributed by atoms with van der Waals surface area (Å²) in [5.74, 6) is -0.0446. The zero-order chi connectivity index (χ0) is 16.0. The Morgan fingerprint density at radius 3 is 2.43 bits per heavy atom. The molecule has 2 N–H and O–H groups in total. The molecular formula is C15H25N3O3. The zero-order valence-corrected chi connectivity index (χ0v) is 13.4. The van der Waals surface area contributed by atoms with Gasteiger partial charge in [0.2, 0.25) is 0 Å². The minimum atomic E-state index is -0.689. The van der Waals surface area contributed by atoms with Crippen molar-refractivity contribution in [1.82, 2.24) is 9.96 Å². The average molecular weight is 295 g/mol. The fourth-order valence-electron chi connectivity index (χ4n) is 2.25. The average Bonchev–Trinajstić information content (AvgIpc) is 3.25. The summed E-state index contributed by atoms with van der Waals surface area (Å²) < 4.78 is 0. The van der Waals surface area contributed by atoms with E-state index in [9.17, 15) is 15.1 Å². The van der Waals surface area contributed by atoms with Crippen LogP contribution < -0.4 is 0 Å². The third kappa shape index (κ3) is 2.88. The van der Waals surface area contributed by atoms with Gasteiger partial charge in [-0.1, -0.05) is 13.8 Å². The second-order valence-corrected chi connectivity index (χ2v) is 7.06. The van der Waals surface area contributed by atoms with Crippen LogP contribution in [0.1, 0.15) is 40.5 Å². The first kappa shape index (κ1) is 16.1. The van der Waals surface area contributed by atoms with Gasteiger partial charge in [-0.2, -0.15) is 4.99 Å². The lowest BCUT2D eigenvalue weighted by Gasteiger charge is -2.38. The van der Waals surface area contributed by atoms with Gasteiger partial charge in [0.15, 0.2) is 5.84 Å². The van der Waals surface area contributed by atoms with E-state index < -0.39 is 11.0 Å². The molecule has 6 nitrogen and oxygen atoms in total. The van der Waals surface area contributed by atoms with E-state index in [-0.39, 0.29) is 18.3 Å². The van der Waals surface area contributed by atoms with Crippen molar-refractivity contribution in [2.24, 2.45) is 10.4 Å². The Bertz CT molecular complexity index is 504. The Labute approximate surface area is 125 Å². The molecule has 0 saturated heterocycles. The number of aliphatic hydroxyl groups is 1. The monoisotopic (exact) mass is 295 g/mol. The van der Waals surface area contributed by atoms with Crippen LogP contribution in [0.15, 0.2) is 16.8 Å². The van der Waals surface area contributed by atoms with Gasteiger partial charge < -0.3 is 5.11 Å². The highest BCUT2D eigenvalue weighted by atomic mass is 16.5. The summed E-state index contributed by atoms with van der Waals surface area (Å²) in [5.41, 5.74) is -0.688. The van der Waals surface area contributed by atoms with E-state index in [0.717, 1.165) is 17.9 Å². The summed E-state index contributed by atoms with van der Waals surface area (Å²) in [7, 11) is 1.93. The molecule has 1 aliphatic carbocycles. The van der Waals surface area contributed by atoms with Crippen molar-refractivity contribution < 1.29 is 15.1 Å². The van der Waals surface area contributed by atoms with Crippen LogP contribution in [-0.2, 0) is 4.79 Å². The van der Waals surface area contributed by atoms with Gasteiger partial charge in [0.05, 0.1) is 17.8 Å². The van der Waals surface area contributed by atoms with Crippen LogP contribution in [-0.4, -0.2) is 57.3 Å². The largest absolute Gasteiger partial charge is 0.395 e. The Balaban J connectivity index is 2.12. The van der Waals surface area contributed by atoms with Gasteiger partial charge in [0.25, 0.3) is 5.91 Å². The first-order valence-corrected chi connectivity index (χ1v) is 7.29. The standard InChI is InChI=1S/C15H25N3O3/c1-14(2,9-19)11-8-12(18(11)21)16-13(20)15(3,4)17(5)10-6-7-10/h8,10,19,21H,6-7,9H2,1-5H3. The van der Waals surface area contributed by atoms with E-state index >= 15 is 0 Å². The van der Waals surface area contributed by atoms with Gasteiger partial charge in [-0.3, -0.25) is 14.9 Å². The molecule has 1 aliphatic heterocycles. The maximum atomic E-state index is 12.4. The van der Waals surface area contributed by atoms with E-state index in [0.29, 0.717) is 11.7 Å². The van der Waals surface area contributed by atoms with Gasteiger partial charge in [0.1, 0.15) is 0 Å². The lowest BCUT2D eigenvalue weighted by atomic mass is 9.86. The Kier molecular flexibility index (Phi) is 3.99. The first-order chi connectivity index (χ1) is 9.61. The molecule has 0 aromatic heterocycles. The summed E-state index contributed by atoms with van der Waals surface area (Å²) >= 11 is 0. The number of carbonyl (C=O) groups excluding carboxylic acids is 1. The number of hydrogen-bond acceptors (Lipinski definition) is 4. The Morgan fingerprint density at radius 2 is 2.00 bits per heavy atom. The normalized spacial score (nSPS) is 21.6. The van der Waals surface area contributed by atoms with Crippen LogP contribution in [0.2, 0.25) is 0 Å². The molecule has 2 aliphatic rings. The molecule has 1 saturated carbocycles. The lowest BCUT2D eigenvalue weighted by Crippen LogP contribution is -2.50. The highest BCUT2D eigenvalue weighted by Gasteiger charge is 2.42. The van der Waals surface area contributed by atoms with Crippen molar-refractivity contribution in [2.45, 2.75) is 52.1 Å². The maximum Gasteiger partial charge on any atom is 0.267 e. The number of rotatable bonds is 5. The first-order valence-electron chi connectivity index (χ1n) is 7.29. The van der Waals surface area contributed by atoms with E-state index in [1.807, 2.05) is 39.6 Å². The number of hydrogen-bond donors (Lipinski definition) is 2. The molecule has 0 radical (unpaired) electrons. The topological polar surface area (TPSA) is 76.4 Å². The minimum Gasteiger partial charge on any atom is -0.395 e. The molecular weight excluding hydrogens is 270 g/mol. The van der Waals surface area contributed by atoms with Crippen LogP contribution >= 0.6 is 0 Å². The molecule has 0 bridgehead atoms. The molecule has 0 aromatic rings. The van der Waals surface area contributed by atoms with E-state index in [1.165, 1.54) is 0 Å². The fraction of sp³-hybridized carbons (Fsp3) is 0.733. The molecule has 0 aromatic carbocycles. The molecule has 118 valence electrons. The number of aliphatic hydroxyl groups excluding tert-OH is 1. The number of amides is 1. The number of likely N-dealkylation sites (N-methyl/N-ethyl adjacent to an activating group) is 1. The van der Waals surface area contributed by atoms with Crippen LogP contribution in [0.5, 0.6) is 0 Å². The summed E-state index contributed by atoms with van der Waals surface area (Å²) in [5, 5.41) is 20.1. The number of hydroxylamine groups is 2. The summed E-state index contributed by atoms with van der Waals surface area (Å²) in [6.07, 6.45) is 3.87. The van der Waals surface area contributed by atoms with Gasteiger partial charge in [0, 0.05) is 17.5 Å². The van der Waals surface area contributed by atoms with E-state index in [2.05, 4.69) is 4.99 Å². The maximum absolute atomic E-state index is 12.4. The minimum absolute atomic E-state index is 0.0902. The predicted octanol–water partition coefficient (Wildman–Crippen LogP) is 1.39. The quantitative estimate of drug-likeness (QED) is 0.801. The van der Waals surface area contributed by atoms with Gasteiger partial charge in [-0.05, 0) is 33.7 Å². The highest BCUT2D eigenvalue weighted by molar-refractivity contribution is 6.07. The predicted molar refractivity (Wildman–Crippen MR) is 79.9 cm³/mol. The van der Waals surface area contributed by atoms with E-state index in [4.69, 9.17) is 0 Å². The van der Waals surface area contributed by atoms with Gasteiger partial charge in [-0.15, -0.1) is 0 Å². The van der Waals surface area contributed by atoms with Crippen molar-refractivity contribution in [3.8, 4) is 0 Å². The number of nitrogens with zero attached hydrogens (tertiary/aromatic N) is 3. The number of carbonyl (C=O) groups is 1.